The number of para-hydroxylation sites is 2. The van der Waals surface area contributed by atoms with Crippen molar-refractivity contribution >= 4 is 39.1 Å². The van der Waals surface area contributed by atoms with Crippen LogP contribution in [-0.2, 0) is 32.6 Å². The van der Waals surface area contributed by atoms with Gasteiger partial charge in [0.1, 0.15) is 18.3 Å². The van der Waals surface area contributed by atoms with Crippen LogP contribution >= 0.6 is 11.6 Å². The predicted molar refractivity (Wildman–Crippen MR) is 154 cm³/mol. The molecule has 0 unspecified atom stereocenters. The molecule has 3 rings (SSSR count). The molecule has 0 heterocycles. The zero-order valence-corrected chi connectivity index (χ0v) is 23.9. The van der Waals surface area contributed by atoms with E-state index in [1.807, 2.05) is 37.3 Å². The van der Waals surface area contributed by atoms with Gasteiger partial charge in [-0.25, -0.2) is 8.42 Å². The molecule has 1 N–H and O–H groups in total. The van der Waals surface area contributed by atoms with Crippen molar-refractivity contribution in [1.82, 2.24) is 10.2 Å². The number of sulfonamides is 1. The molecule has 0 aliphatic rings. The van der Waals surface area contributed by atoms with E-state index in [9.17, 15) is 18.0 Å². The fraction of sp³-hybridized carbons (Fsp3) is 0.310. The van der Waals surface area contributed by atoms with Crippen molar-refractivity contribution in [2.45, 2.75) is 32.4 Å². The van der Waals surface area contributed by atoms with Gasteiger partial charge in [-0.2, -0.15) is 0 Å². The molecule has 0 saturated carbocycles. The van der Waals surface area contributed by atoms with Crippen molar-refractivity contribution in [2.24, 2.45) is 0 Å². The Labute approximate surface area is 235 Å². The number of amides is 2. The Hall–Kier alpha value is -3.56. The summed E-state index contributed by atoms with van der Waals surface area (Å²) in [6, 6.07) is 22.1. The Morgan fingerprint density at radius 2 is 1.62 bits per heavy atom. The number of rotatable bonds is 13. The van der Waals surface area contributed by atoms with Crippen LogP contribution < -0.4 is 14.4 Å². The second-order valence-electron chi connectivity index (χ2n) is 9.05. The second-order valence-corrected chi connectivity index (χ2v) is 11.4. The van der Waals surface area contributed by atoms with Gasteiger partial charge in [-0.3, -0.25) is 13.9 Å². The molecule has 8 nitrogen and oxygen atoms in total. The van der Waals surface area contributed by atoms with Crippen molar-refractivity contribution in [3.8, 4) is 5.75 Å². The van der Waals surface area contributed by atoms with Crippen LogP contribution in [0.2, 0.25) is 5.02 Å². The van der Waals surface area contributed by atoms with Crippen LogP contribution in [0, 0.1) is 0 Å². The molecule has 0 spiro atoms. The van der Waals surface area contributed by atoms with Crippen LogP contribution in [0.15, 0.2) is 78.9 Å². The number of hydrogen-bond donors (Lipinski definition) is 1. The van der Waals surface area contributed by atoms with Gasteiger partial charge >= 0.3 is 0 Å². The SMILES string of the molecule is CCCNC(=O)[C@@H](Cc1ccccc1)N(Cc1ccccc1Cl)C(=O)CN(c1ccccc1OC)S(C)(=O)=O. The highest BCUT2D eigenvalue weighted by Crippen LogP contribution is 2.30. The topological polar surface area (TPSA) is 96.0 Å². The van der Waals surface area contributed by atoms with Gasteiger partial charge in [0.15, 0.2) is 0 Å². The Kier molecular flexibility index (Phi) is 10.8. The lowest BCUT2D eigenvalue weighted by Crippen LogP contribution is -2.53. The maximum absolute atomic E-state index is 14.1. The molecule has 0 bridgehead atoms. The minimum Gasteiger partial charge on any atom is -0.495 e. The molecular formula is C29H34ClN3O5S. The Morgan fingerprint density at radius 1 is 0.974 bits per heavy atom. The average molecular weight is 572 g/mol. The van der Waals surface area contributed by atoms with Crippen molar-refractivity contribution in [3.05, 3.63) is 95.0 Å². The molecular weight excluding hydrogens is 538 g/mol. The molecule has 3 aromatic carbocycles. The molecule has 0 aromatic heterocycles. The van der Waals surface area contributed by atoms with Gasteiger partial charge in [0.05, 0.1) is 19.1 Å². The first-order valence-corrected chi connectivity index (χ1v) is 14.8. The zero-order valence-electron chi connectivity index (χ0n) is 22.3. The lowest BCUT2D eigenvalue weighted by atomic mass is 10.0. The monoisotopic (exact) mass is 571 g/mol. The molecule has 0 aliphatic heterocycles. The molecule has 39 heavy (non-hydrogen) atoms. The fourth-order valence-electron chi connectivity index (χ4n) is 4.16. The van der Waals surface area contributed by atoms with E-state index in [1.165, 1.54) is 12.0 Å². The van der Waals surface area contributed by atoms with Crippen molar-refractivity contribution in [2.75, 3.05) is 30.8 Å². The largest absolute Gasteiger partial charge is 0.495 e. The number of anilines is 1. The Morgan fingerprint density at radius 3 is 2.26 bits per heavy atom. The number of hydrogen-bond acceptors (Lipinski definition) is 5. The number of carbonyl (C=O) groups is 2. The number of nitrogens with one attached hydrogen (secondary N) is 1. The molecule has 0 radical (unpaired) electrons. The first-order chi connectivity index (χ1) is 18.7. The van der Waals surface area contributed by atoms with Crippen LogP contribution in [0.4, 0.5) is 5.69 Å². The number of halogens is 1. The van der Waals surface area contributed by atoms with Crippen LogP contribution in [0.25, 0.3) is 0 Å². The maximum atomic E-state index is 14.1. The van der Waals surface area contributed by atoms with Gasteiger partial charge in [-0.1, -0.05) is 79.2 Å². The summed E-state index contributed by atoms with van der Waals surface area (Å²) in [6.45, 7) is 1.86. The van der Waals surface area contributed by atoms with Crippen LogP contribution in [0.5, 0.6) is 5.75 Å². The van der Waals surface area contributed by atoms with E-state index in [0.717, 1.165) is 22.5 Å². The van der Waals surface area contributed by atoms with Gasteiger partial charge in [0.25, 0.3) is 0 Å². The third kappa shape index (κ3) is 8.21. The highest BCUT2D eigenvalue weighted by Gasteiger charge is 2.33. The maximum Gasteiger partial charge on any atom is 0.244 e. The van der Waals surface area contributed by atoms with Crippen LogP contribution in [-0.4, -0.2) is 57.6 Å². The Balaban J connectivity index is 2.07. The van der Waals surface area contributed by atoms with E-state index < -0.39 is 28.5 Å². The van der Waals surface area contributed by atoms with E-state index in [-0.39, 0.29) is 24.6 Å². The molecule has 0 saturated heterocycles. The second kappa shape index (κ2) is 14.0. The molecule has 2 amide bonds. The van der Waals surface area contributed by atoms with E-state index in [2.05, 4.69) is 5.32 Å². The first kappa shape index (κ1) is 30.0. The van der Waals surface area contributed by atoms with Crippen LogP contribution in [0.3, 0.4) is 0 Å². The zero-order chi connectivity index (χ0) is 28.4. The lowest BCUT2D eigenvalue weighted by Gasteiger charge is -2.34. The third-order valence-corrected chi connectivity index (χ3v) is 7.65. The number of benzene rings is 3. The van der Waals surface area contributed by atoms with E-state index in [1.54, 1.807) is 48.5 Å². The Bertz CT molecular complexity index is 1370. The summed E-state index contributed by atoms with van der Waals surface area (Å²) in [5.41, 5.74) is 1.72. The van der Waals surface area contributed by atoms with E-state index >= 15 is 0 Å². The minimum absolute atomic E-state index is 0.0130. The van der Waals surface area contributed by atoms with Crippen LogP contribution in [0.1, 0.15) is 24.5 Å². The van der Waals surface area contributed by atoms with Gasteiger partial charge in [-0.15, -0.1) is 0 Å². The van der Waals surface area contributed by atoms with Gasteiger partial charge in [0, 0.05) is 24.5 Å². The summed E-state index contributed by atoms with van der Waals surface area (Å²) in [7, 11) is -2.47. The average Bonchev–Trinajstić information content (AvgIpc) is 2.93. The normalized spacial score (nSPS) is 11.9. The van der Waals surface area contributed by atoms with Gasteiger partial charge in [0.2, 0.25) is 21.8 Å². The van der Waals surface area contributed by atoms with Gasteiger partial charge < -0.3 is 15.0 Å². The molecule has 0 aliphatic carbocycles. The summed E-state index contributed by atoms with van der Waals surface area (Å²) in [4.78, 5) is 29.0. The molecule has 1 atom stereocenters. The van der Waals surface area contributed by atoms with E-state index in [4.69, 9.17) is 16.3 Å². The number of carbonyl (C=O) groups excluding carboxylic acids is 2. The number of methoxy groups -OCH3 is 1. The summed E-state index contributed by atoms with van der Waals surface area (Å²) in [5, 5.41) is 3.34. The quantitative estimate of drug-likeness (QED) is 0.330. The number of nitrogens with zero attached hydrogens (tertiary/aromatic N) is 2. The predicted octanol–water partition coefficient (Wildman–Crippen LogP) is 4.28. The highest BCUT2D eigenvalue weighted by atomic mass is 35.5. The fourth-order valence-corrected chi connectivity index (χ4v) is 5.21. The summed E-state index contributed by atoms with van der Waals surface area (Å²) < 4.78 is 32.2. The van der Waals surface area contributed by atoms with E-state index in [0.29, 0.717) is 22.9 Å². The molecule has 0 fully saturated rings. The lowest BCUT2D eigenvalue weighted by molar-refractivity contribution is -0.140. The molecule has 10 heteroatoms. The molecule has 3 aromatic rings. The third-order valence-electron chi connectivity index (χ3n) is 6.15. The van der Waals surface area contributed by atoms with Crippen molar-refractivity contribution in [3.63, 3.8) is 0 Å². The summed E-state index contributed by atoms with van der Waals surface area (Å²) >= 11 is 6.45. The van der Waals surface area contributed by atoms with Crippen molar-refractivity contribution < 1.29 is 22.7 Å². The van der Waals surface area contributed by atoms with Gasteiger partial charge in [-0.05, 0) is 35.7 Å². The highest BCUT2D eigenvalue weighted by molar-refractivity contribution is 7.92. The minimum atomic E-state index is -3.90. The first-order valence-electron chi connectivity index (χ1n) is 12.6. The smallest absolute Gasteiger partial charge is 0.244 e. The summed E-state index contributed by atoms with van der Waals surface area (Å²) in [6.07, 6.45) is 1.98. The molecule has 208 valence electrons. The number of ether oxygens (including phenoxy) is 1. The summed E-state index contributed by atoms with van der Waals surface area (Å²) in [5.74, 6) is -0.585. The van der Waals surface area contributed by atoms with Crippen molar-refractivity contribution in [1.29, 1.82) is 0 Å². The standard InChI is InChI=1S/C29H34ClN3O5S/c1-4-18-31-29(35)26(19-22-12-6-5-7-13-22)32(20-23-14-8-9-15-24(23)30)28(34)21-33(39(3,36)37)25-16-10-11-17-27(25)38-2/h5-17,26H,4,18-21H2,1-3H3,(H,31,35)/t26-/m1/s1.